The van der Waals surface area contributed by atoms with E-state index in [9.17, 15) is 14.9 Å². The molecule has 1 saturated heterocycles. The van der Waals surface area contributed by atoms with E-state index < -0.39 is 11.8 Å². The molecule has 0 bridgehead atoms. The summed E-state index contributed by atoms with van der Waals surface area (Å²) in [4.78, 5) is 28.3. The van der Waals surface area contributed by atoms with E-state index in [-0.39, 0.29) is 47.0 Å². The average molecular weight is 620 g/mol. The summed E-state index contributed by atoms with van der Waals surface area (Å²) in [5.74, 6) is -1.30. The minimum Gasteiger partial charge on any atom is -0.466 e. The van der Waals surface area contributed by atoms with Crippen LogP contribution in [0.4, 0.5) is 11.4 Å². The quantitative estimate of drug-likeness (QED) is 0.258. The number of rotatable bonds is 9. The third-order valence-electron chi connectivity index (χ3n) is 8.86. The van der Waals surface area contributed by atoms with Crippen LogP contribution < -0.4 is 16.0 Å². The van der Waals surface area contributed by atoms with Crippen molar-refractivity contribution in [3.8, 4) is 6.07 Å². The normalized spacial score (nSPS) is 27.8. The first-order valence-corrected chi connectivity index (χ1v) is 16.7. The number of esters is 1. The van der Waals surface area contributed by atoms with E-state index in [1.54, 1.807) is 18.7 Å². The van der Waals surface area contributed by atoms with Crippen LogP contribution in [-0.4, -0.2) is 64.2 Å². The highest BCUT2D eigenvalue weighted by molar-refractivity contribution is 8.00. The summed E-state index contributed by atoms with van der Waals surface area (Å²) in [6.45, 7) is 7.35. The van der Waals surface area contributed by atoms with Crippen LogP contribution in [0.3, 0.4) is 0 Å². The molecule has 2 aromatic rings. The summed E-state index contributed by atoms with van der Waals surface area (Å²) in [6.07, 6.45) is 3.40. The van der Waals surface area contributed by atoms with Crippen molar-refractivity contribution in [1.82, 2.24) is 10.2 Å². The fraction of sp³-hybridized carbons (Fsp3) is 0.515. The Morgan fingerprint density at radius 3 is 2.35 bits per heavy atom. The fourth-order valence-electron chi connectivity index (χ4n) is 6.76. The molecule has 1 aliphatic heterocycles. The maximum atomic E-state index is 13.7. The minimum atomic E-state index is -0.560. The molecule has 3 fully saturated rings. The van der Waals surface area contributed by atoms with Gasteiger partial charge in [0.15, 0.2) is 5.11 Å². The third-order valence-corrected chi connectivity index (χ3v) is 10.9. The van der Waals surface area contributed by atoms with E-state index >= 15 is 0 Å². The number of fused-ring (bicyclic) bond motifs is 2. The molecule has 2 aliphatic carbocycles. The van der Waals surface area contributed by atoms with Crippen molar-refractivity contribution in [2.24, 2.45) is 17.8 Å². The Bertz CT molecular complexity index is 1350. The lowest BCUT2D eigenvalue weighted by Gasteiger charge is -2.50. The molecule has 228 valence electrons. The molecule has 8 nitrogen and oxygen atoms in total. The van der Waals surface area contributed by atoms with E-state index in [1.165, 1.54) is 11.1 Å². The maximum absolute atomic E-state index is 13.7. The number of hydrogen-bond donors (Lipinski definition) is 3. The van der Waals surface area contributed by atoms with Crippen molar-refractivity contribution in [3.63, 3.8) is 0 Å². The zero-order chi connectivity index (χ0) is 30.5. The van der Waals surface area contributed by atoms with Crippen molar-refractivity contribution in [2.45, 2.75) is 69.0 Å². The van der Waals surface area contributed by atoms with Gasteiger partial charge >= 0.3 is 5.97 Å². The lowest BCUT2D eigenvalue weighted by atomic mass is 9.68. The Kier molecular flexibility index (Phi) is 10.1. The topological polar surface area (TPSA) is 106 Å². The molecule has 7 unspecified atom stereocenters. The highest BCUT2D eigenvalue weighted by Gasteiger charge is 2.62. The summed E-state index contributed by atoms with van der Waals surface area (Å²) in [7, 11) is 0. The van der Waals surface area contributed by atoms with E-state index in [2.05, 4.69) is 58.4 Å². The number of carbonyl (C=O) groups excluding carboxylic acids is 2. The van der Waals surface area contributed by atoms with Crippen LogP contribution in [0.15, 0.2) is 48.5 Å². The zero-order valence-electron chi connectivity index (χ0n) is 25.0. The Morgan fingerprint density at radius 1 is 1.07 bits per heavy atom. The van der Waals surface area contributed by atoms with Gasteiger partial charge in [0.25, 0.3) is 0 Å². The molecule has 2 saturated carbocycles. The van der Waals surface area contributed by atoms with Gasteiger partial charge in [-0.05, 0) is 94.1 Å². The molecule has 0 radical (unpaired) electrons. The van der Waals surface area contributed by atoms with Gasteiger partial charge in [-0.1, -0.05) is 24.3 Å². The van der Waals surface area contributed by atoms with Crippen molar-refractivity contribution < 1.29 is 14.3 Å². The molecule has 5 rings (SSSR count). The summed E-state index contributed by atoms with van der Waals surface area (Å²) in [5, 5.41) is 20.6. The van der Waals surface area contributed by atoms with Gasteiger partial charge < -0.3 is 25.6 Å². The largest absolute Gasteiger partial charge is 0.466 e. The van der Waals surface area contributed by atoms with Crippen LogP contribution in [0, 0.1) is 29.1 Å². The summed E-state index contributed by atoms with van der Waals surface area (Å²) < 4.78 is 5.31. The monoisotopic (exact) mass is 619 g/mol. The summed E-state index contributed by atoms with van der Waals surface area (Å²) in [6, 6.07) is 19.3. The molecular formula is C33H41N5O3S2. The highest BCUT2D eigenvalue weighted by Crippen LogP contribution is 2.53. The number of ether oxygens (including phenoxy) is 1. The molecule has 3 aliphatic rings. The van der Waals surface area contributed by atoms with Crippen LogP contribution in [0.25, 0.3) is 0 Å². The van der Waals surface area contributed by atoms with Crippen LogP contribution in [0.1, 0.15) is 51.2 Å². The first kappa shape index (κ1) is 31.1. The molecule has 2 aromatic carbocycles. The number of thioether (sulfide) groups is 1. The number of nitriles is 1. The number of benzene rings is 2. The lowest BCUT2D eigenvalue weighted by molar-refractivity contribution is -0.160. The van der Waals surface area contributed by atoms with Gasteiger partial charge in [0, 0.05) is 41.0 Å². The number of nitrogens with zero attached hydrogens (tertiary/aromatic N) is 2. The van der Waals surface area contributed by atoms with Gasteiger partial charge in [0.1, 0.15) is 0 Å². The predicted molar refractivity (Wildman–Crippen MR) is 176 cm³/mol. The van der Waals surface area contributed by atoms with E-state index in [4.69, 9.17) is 17.0 Å². The number of amides is 1. The molecule has 7 atom stereocenters. The zero-order valence-corrected chi connectivity index (χ0v) is 26.7. The van der Waals surface area contributed by atoms with Crippen molar-refractivity contribution in [1.29, 1.82) is 5.26 Å². The van der Waals surface area contributed by atoms with Crippen LogP contribution in [-0.2, 0) is 20.7 Å². The van der Waals surface area contributed by atoms with Gasteiger partial charge in [-0.2, -0.15) is 17.0 Å². The van der Waals surface area contributed by atoms with Gasteiger partial charge in [-0.3, -0.25) is 9.59 Å². The standard InChI is InChI=1S/C33H41N5O3S2/c1-4-35-33(42)37-23-13-9-21(10-14-23)17-20-7-11-22(12-8-20)36-24-15-16-25-27(18-24)43-30-26(19-34)28(32(40)41-6-3)29(30)38(5-2)31(25)39/h7-14,24-30,36H,4-6,15-18H2,1-3H3,(H2,35,37,42). The van der Waals surface area contributed by atoms with Crippen LogP contribution in [0.2, 0.25) is 0 Å². The number of carbonyl (C=O) groups is 2. The Morgan fingerprint density at radius 2 is 1.74 bits per heavy atom. The summed E-state index contributed by atoms with van der Waals surface area (Å²) in [5.41, 5.74) is 4.50. The van der Waals surface area contributed by atoms with E-state index in [0.29, 0.717) is 11.7 Å². The molecule has 10 heteroatoms. The second kappa shape index (κ2) is 14.0. The Balaban J connectivity index is 1.20. The van der Waals surface area contributed by atoms with Crippen LogP contribution >= 0.6 is 24.0 Å². The summed E-state index contributed by atoms with van der Waals surface area (Å²) >= 11 is 7.02. The van der Waals surface area contributed by atoms with Crippen molar-refractivity contribution in [2.75, 3.05) is 30.3 Å². The number of hydrogen-bond acceptors (Lipinski definition) is 7. The van der Waals surface area contributed by atoms with Gasteiger partial charge in [0.2, 0.25) is 5.91 Å². The molecule has 3 N–H and O–H groups in total. The predicted octanol–water partition coefficient (Wildman–Crippen LogP) is 5.20. The molecule has 0 aromatic heterocycles. The molecule has 0 spiro atoms. The first-order chi connectivity index (χ1) is 20.9. The van der Waals surface area contributed by atoms with Gasteiger partial charge in [0.05, 0.1) is 36.5 Å². The molecule has 43 heavy (non-hydrogen) atoms. The first-order valence-electron chi connectivity index (χ1n) is 15.4. The Labute approximate surface area is 264 Å². The second-order valence-electron chi connectivity index (χ2n) is 11.5. The molecule has 1 amide bonds. The smallest absolute Gasteiger partial charge is 0.312 e. The second-order valence-corrected chi connectivity index (χ2v) is 13.3. The number of anilines is 2. The van der Waals surface area contributed by atoms with Crippen molar-refractivity contribution >= 4 is 52.3 Å². The number of thiocarbonyl (C=S) groups is 1. The fourth-order valence-corrected chi connectivity index (χ4v) is 9.08. The van der Waals surface area contributed by atoms with Crippen LogP contribution in [0.5, 0.6) is 0 Å². The average Bonchev–Trinajstić information content (AvgIpc) is 3.08. The van der Waals surface area contributed by atoms with Crippen molar-refractivity contribution in [3.05, 3.63) is 59.7 Å². The minimum absolute atomic E-state index is 0.0641. The molecular weight excluding hydrogens is 579 g/mol. The third kappa shape index (κ3) is 6.78. The maximum Gasteiger partial charge on any atom is 0.312 e. The highest BCUT2D eigenvalue weighted by atomic mass is 32.2. The van der Waals surface area contributed by atoms with E-state index in [0.717, 1.165) is 43.6 Å². The SMILES string of the molecule is CCNC(=S)Nc1ccc(Cc2ccc(NC3CCC4C(=O)N(CC)C5C(SC4C3)C(C#N)C5C(=O)OCC)cc2)cc1. The van der Waals surface area contributed by atoms with Gasteiger partial charge in [-0.25, -0.2) is 0 Å². The lowest BCUT2D eigenvalue weighted by Crippen LogP contribution is -2.65. The number of nitrogens with one attached hydrogen (secondary N) is 3. The Hall–Kier alpha value is -3.29. The van der Waals surface area contributed by atoms with E-state index in [1.807, 2.05) is 30.9 Å². The van der Waals surface area contributed by atoms with Gasteiger partial charge in [-0.15, -0.1) is 0 Å². The molecule has 1 heterocycles.